The maximum Gasteiger partial charge on any atom is 0.255 e. The number of nitrogens with one attached hydrogen (secondary N) is 1. The first-order valence-corrected chi connectivity index (χ1v) is 11.3. The summed E-state index contributed by atoms with van der Waals surface area (Å²) in [6, 6.07) is 6.82. The Balaban J connectivity index is 1.32. The Bertz CT molecular complexity index is 871. The van der Waals surface area contributed by atoms with Crippen molar-refractivity contribution in [3.05, 3.63) is 34.9 Å². The van der Waals surface area contributed by atoms with Crippen molar-refractivity contribution in [2.24, 2.45) is 11.7 Å². The molecule has 5 rings (SSSR count). The topological polar surface area (TPSA) is 95.7 Å². The fourth-order valence-corrected chi connectivity index (χ4v) is 5.95. The normalized spacial score (nSPS) is 31.6. The molecule has 0 aliphatic carbocycles. The number of amides is 3. The molecule has 0 radical (unpaired) electrons. The number of benzene rings is 1. The first-order valence-electron chi connectivity index (χ1n) is 11.3. The summed E-state index contributed by atoms with van der Waals surface area (Å²) in [5, 5.41) is 2.36. The maximum absolute atomic E-state index is 13.1. The molecule has 3 fully saturated rings. The molecule has 1 aromatic rings. The molecule has 0 aromatic heterocycles. The summed E-state index contributed by atoms with van der Waals surface area (Å²) in [5.41, 5.74) is 8.80. The van der Waals surface area contributed by atoms with Gasteiger partial charge in [-0.25, -0.2) is 0 Å². The van der Waals surface area contributed by atoms with Crippen LogP contribution in [0.3, 0.4) is 0 Å². The fourth-order valence-electron chi connectivity index (χ4n) is 5.95. The van der Waals surface area contributed by atoms with E-state index >= 15 is 0 Å². The highest BCUT2D eigenvalue weighted by Crippen LogP contribution is 2.38. The lowest BCUT2D eigenvalue weighted by molar-refractivity contribution is -0.136. The van der Waals surface area contributed by atoms with Crippen molar-refractivity contribution >= 4 is 17.7 Å². The van der Waals surface area contributed by atoms with Gasteiger partial charge in [-0.3, -0.25) is 24.6 Å². The Labute approximate surface area is 177 Å². The van der Waals surface area contributed by atoms with Gasteiger partial charge in [0.05, 0.1) is 0 Å². The molecule has 4 aliphatic heterocycles. The van der Waals surface area contributed by atoms with Gasteiger partial charge in [0.25, 0.3) is 5.91 Å². The van der Waals surface area contributed by atoms with Crippen LogP contribution in [0.15, 0.2) is 18.2 Å². The number of fused-ring (bicyclic) bond motifs is 3. The zero-order chi connectivity index (χ0) is 20.8. The molecule has 4 heterocycles. The minimum absolute atomic E-state index is 0.0941. The van der Waals surface area contributed by atoms with Crippen molar-refractivity contribution in [1.82, 2.24) is 15.1 Å². The highest BCUT2D eigenvalue weighted by molar-refractivity contribution is 6.05. The van der Waals surface area contributed by atoms with E-state index in [2.05, 4.69) is 16.3 Å². The van der Waals surface area contributed by atoms with Gasteiger partial charge >= 0.3 is 0 Å². The number of nitrogens with zero attached hydrogens (tertiary/aromatic N) is 2. The van der Waals surface area contributed by atoms with Crippen LogP contribution in [0.4, 0.5) is 0 Å². The molecule has 0 spiro atoms. The molecule has 4 aliphatic rings. The van der Waals surface area contributed by atoms with E-state index in [0.29, 0.717) is 36.5 Å². The predicted octanol–water partition coefficient (Wildman–Crippen LogP) is 1.54. The third kappa shape index (κ3) is 3.44. The minimum Gasteiger partial charge on any atom is -0.330 e. The molecule has 3 amide bonds. The zero-order valence-corrected chi connectivity index (χ0v) is 17.3. The van der Waals surface area contributed by atoms with Crippen LogP contribution in [0.1, 0.15) is 66.4 Å². The van der Waals surface area contributed by atoms with Gasteiger partial charge in [-0.05, 0) is 61.8 Å². The number of piperidine rings is 3. The van der Waals surface area contributed by atoms with Crippen molar-refractivity contribution in [1.29, 1.82) is 0 Å². The molecular formula is C23H30N4O3. The average molecular weight is 411 g/mol. The third-order valence-corrected chi connectivity index (χ3v) is 7.51. The van der Waals surface area contributed by atoms with Crippen LogP contribution >= 0.6 is 0 Å². The van der Waals surface area contributed by atoms with Crippen LogP contribution in [-0.2, 0) is 22.7 Å². The summed E-state index contributed by atoms with van der Waals surface area (Å²) in [7, 11) is 0. The van der Waals surface area contributed by atoms with Gasteiger partial charge in [0.2, 0.25) is 11.8 Å². The molecular weight excluding hydrogens is 380 g/mol. The summed E-state index contributed by atoms with van der Waals surface area (Å²) in [5.74, 6) is -0.0708. The van der Waals surface area contributed by atoms with E-state index < -0.39 is 6.04 Å². The summed E-state index contributed by atoms with van der Waals surface area (Å²) in [4.78, 5) is 41.0. The van der Waals surface area contributed by atoms with Gasteiger partial charge in [-0.1, -0.05) is 18.6 Å². The van der Waals surface area contributed by atoms with Crippen molar-refractivity contribution in [3.63, 3.8) is 0 Å². The minimum atomic E-state index is -0.555. The average Bonchev–Trinajstić information content (AvgIpc) is 3.04. The second kappa shape index (κ2) is 7.78. The first-order chi connectivity index (χ1) is 14.5. The van der Waals surface area contributed by atoms with Crippen LogP contribution in [0, 0.1) is 5.92 Å². The number of hydrogen-bond donors (Lipinski definition) is 2. The van der Waals surface area contributed by atoms with E-state index in [1.165, 1.54) is 32.1 Å². The van der Waals surface area contributed by atoms with Gasteiger partial charge in [-0.2, -0.15) is 0 Å². The highest BCUT2D eigenvalue weighted by Gasteiger charge is 2.40. The Morgan fingerprint density at radius 1 is 1.07 bits per heavy atom. The lowest BCUT2D eigenvalue weighted by Gasteiger charge is -2.49. The molecule has 3 unspecified atom stereocenters. The monoisotopic (exact) mass is 410 g/mol. The predicted molar refractivity (Wildman–Crippen MR) is 111 cm³/mol. The van der Waals surface area contributed by atoms with E-state index in [0.717, 1.165) is 24.2 Å². The quantitative estimate of drug-likeness (QED) is 0.734. The van der Waals surface area contributed by atoms with E-state index in [-0.39, 0.29) is 24.1 Å². The second-order valence-electron chi connectivity index (χ2n) is 9.38. The molecule has 2 bridgehead atoms. The van der Waals surface area contributed by atoms with Gasteiger partial charge in [0.1, 0.15) is 6.04 Å². The zero-order valence-electron chi connectivity index (χ0n) is 17.3. The Morgan fingerprint density at radius 2 is 1.83 bits per heavy atom. The molecule has 7 heteroatoms. The molecule has 30 heavy (non-hydrogen) atoms. The van der Waals surface area contributed by atoms with Crippen molar-refractivity contribution in [3.8, 4) is 0 Å². The SMILES string of the molecule is NCC1CC2CCCC(C1)N2Cc1ccc2c(c1)C(=O)N(C1CCC(=O)NC1=O)C2. The standard InChI is InChI=1S/C23H30N4O3/c24-11-15-8-17-2-1-3-18(9-15)26(17)12-14-4-5-16-13-27(23(30)19(16)10-14)20-6-7-21(28)25-22(20)29/h4-5,10,15,17-18,20H,1-3,6-9,11-13,24H2,(H,25,28,29). The Hall–Kier alpha value is -2.25. The Morgan fingerprint density at radius 3 is 2.53 bits per heavy atom. The first kappa shape index (κ1) is 19.7. The summed E-state index contributed by atoms with van der Waals surface area (Å²) in [6.07, 6.45) is 6.81. The summed E-state index contributed by atoms with van der Waals surface area (Å²) in [6.45, 7) is 2.09. The number of carbonyl (C=O) groups is 3. The molecule has 7 nitrogen and oxygen atoms in total. The highest BCUT2D eigenvalue weighted by atomic mass is 16.2. The van der Waals surface area contributed by atoms with Gasteiger partial charge in [0, 0.05) is 37.2 Å². The number of hydrogen-bond acceptors (Lipinski definition) is 5. The van der Waals surface area contributed by atoms with Crippen LogP contribution in [0.25, 0.3) is 0 Å². The van der Waals surface area contributed by atoms with Gasteiger partial charge in [0.15, 0.2) is 0 Å². The molecule has 3 atom stereocenters. The molecule has 0 saturated carbocycles. The molecule has 1 aromatic carbocycles. The third-order valence-electron chi connectivity index (χ3n) is 7.51. The van der Waals surface area contributed by atoms with Crippen molar-refractivity contribution < 1.29 is 14.4 Å². The van der Waals surface area contributed by atoms with Crippen LogP contribution < -0.4 is 11.1 Å². The number of imide groups is 1. The smallest absolute Gasteiger partial charge is 0.255 e. The maximum atomic E-state index is 13.1. The van der Waals surface area contributed by atoms with Crippen LogP contribution in [0.5, 0.6) is 0 Å². The summed E-state index contributed by atoms with van der Waals surface area (Å²) < 4.78 is 0. The van der Waals surface area contributed by atoms with Gasteiger partial charge in [-0.15, -0.1) is 0 Å². The van der Waals surface area contributed by atoms with Crippen molar-refractivity contribution in [2.45, 2.75) is 76.2 Å². The van der Waals surface area contributed by atoms with Crippen LogP contribution in [0.2, 0.25) is 0 Å². The van der Waals surface area contributed by atoms with E-state index in [9.17, 15) is 14.4 Å². The second-order valence-corrected chi connectivity index (χ2v) is 9.38. The molecule has 160 valence electrons. The lowest BCUT2D eigenvalue weighted by atomic mass is 9.78. The molecule has 3 N–H and O–H groups in total. The number of rotatable bonds is 4. The molecule has 3 saturated heterocycles. The number of carbonyl (C=O) groups excluding carboxylic acids is 3. The number of nitrogens with two attached hydrogens (primary N) is 1. The van der Waals surface area contributed by atoms with Gasteiger partial charge < -0.3 is 10.6 Å². The van der Waals surface area contributed by atoms with E-state index in [4.69, 9.17) is 5.73 Å². The van der Waals surface area contributed by atoms with Crippen LogP contribution in [-0.4, -0.2) is 52.2 Å². The lowest BCUT2D eigenvalue weighted by Crippen LogP contribution is -2.52. The van der Waals surface area contributed by atoms with E-state index in [1.807, 2.05) is 12.1 Å². The largest absolute Gasteiger partial charge is 0.330 e. The van der Waals surface area contributed by atoms with E-state index in [1.54, 1.807) is 4.90 Å². The fraction of sp³-hybridized carbons (Fsp3) is 0.609. The Kier molecular flexibility index (Phi) is 5.11. The summed E-state index contributed by atoms with van der Waals surface area (Å²) >= 11 is 0. The van der Waals surface area contributed by atoms with Crippen molar-refractivity contribution in [2.75, 3.05) is 6.54 Å².